The lowest BCUT2D eigenvalue weighted by atomic mass is 9.89. The Kier molecular flexibility index (Phi) is 6.92. The van der Waals surface area contributed by atoms with Gasteiger partial charge in [-0.25, -0.2) is 14.8 Å². The number of carbonyl (C=O) groups is 3. The van der Waals surface area contributed by atoms with E-state index in [0.29, 0.717) is 22.9 Å². The Morgan fingerprint density at radius 3 is 2.56 bits per heavy atom. The van der Waals surface area contributed by atoms with Gasteiger partial charge in [0.05, 0.1) is 23.1 Å². The molecule has 2 aliphatic heterocycles. The number of hydrogen-bond acceptors (Lipinski definition) is 7. The van der Waals surface area contributed by atoms with Crippen LogP contribution in [0.25, 0.3) is 0 Å². The average molecular weight is 549 g/mol. The third kappa shape index (κ3) is 4.84. The molecule has 11 heteroatoms. The predicted octanol–water partition coefficient (Wildman–Crippen LogP) is 3.82. The minimum absolute atomic E-state index is 0.154. The summed E-state index contributed by atoms with van der Waals surface area (Å²) >= 11 is 1.36. The Morgan fingerprint density at radius 1 is 1.10 bits per heavy atom. The van der Waals surface area contributed by atoms with E-state index in [1.165, 1.54) is 24.3 Å². The fourth-order valence-electron chi connectivity index (χ4n) is 5.74. The van der Waals surface area contributed by atoms with E-state index >= 15 is 0 Å². The second-order valence-electron chi connectivity index (χ2n) is 10.5. The number of aromatic nitrogens is 2. The van der Waals surface area contributed by atoms with Crippen LogP contribution < -0.4 is 25.6 Å². The zero-order valence-electron chi connectivity index (χ0n) is 21.8. The summed E-state index contributed by atoms with van der Waals surface area (Å²) in [4.78, 5) is 49.8. The Hall–Kier alpha value is -3.60. The number of pyridine rings is 2. The monoisotopic (exact) mass is 548 g/mol. The molecule has 2 aromatic rings. The molecule has 4 heterocycles. The third-order valence-corrected chi connectivity index (χ3v) is 9.27. The maximum absolute atomic E-state index is 13.6. The van der Waals surface area contributed by atoms with Gasteiger partial charge in [-0.05, 0) is 57.2 Å². The number of amides is 4. The lowest BCUT2D eigenvalue weighted by molar-refractivity contribution is -0.123. The molecule has 2 aliphatic carbocycles. The highest BCUT2D eigenvalue weighted by molar-refractivity contribution is 8.01. The van der Waals surface area contributed by atoms with Crippen LogP contribution in [0.5, 0.6) is 5.88 Å². The number of thioether (sulfide) groups is 1. The summed E-state index contributed by atoms with van der Waals surface area (Å²) < 4.78 is 5.94. The van der Waals surface area contributed by atoms with Crippen molar-refractivity contribution in [2.24, 2.45) is 0 Å². The fourth-order valence-corrected chi connectivity index (χ4v) is 6.98. The van der Waals surface area contributed by atoms with Gasteiger partial charge in [0, 0.05) is 29.9 Å². The van der Waals surface area contributed by atoms with E-state index in [1.807, 2.05) is 19.1 Å². The van der Waals surface area contributed by atoms with Gasteiger partial charge < -0.3 is 20.7 Å². The summed E-state index contributed by atoms with van der Waals surface area (Å²) in [7, 11) is 0. The largest absolute Gasteiger partial charge is 0.474 e. The standard InChI is InChI=1S/C28H32N6O4S/c1-3-21(35)31-17-9-4-5-10-18(17)32-26(36)25-24-23-20(13-14-29-27(23)39-25)34(28(37)33-24)19-11-12-22(30-15(19)2)38-16-7-6-8-16/h3,11-14,16-18,24-25H,1,4-10H2,2H3,(H,31,35)(H,32,36)(H,33,37)/t17-,18+,24?,25?/m0/s1. The number of urea groups is 1. The number of hydrogen-bond donors (Lipinski definition) is 3. The van der Waals surface area contributed by atoms with Gasteiger partial charge >= 0.3 is 6.03 Å². The van der Waals surface area contributed by atoms with E-state index in [-0.39, 0.29) is 36.0 Å². The van der Waals surface area contributed by atoms with Gasteiger partial charge in [0.1, 0.15) is 16.4 Å². The molecule has 2 unspecified atom stereocenters. The lowest BCUT2D eigenvalue weighted by Gasteiger charge is -2.36. The first-order chi connectivity index (χ1) is 18.9. The van der Waals surface area contributed by atoms with E-state index in [2.05, 4.69) is 32.5 Å². The van der Waals surface area contributed by atoms with Crippen molar-refractivity contribution >= 4 is 41.0 Å². The first-order valence-electron chi connectivity index (χ1n) is 13.6. The van der Waals surface area contributed by atoms with Gasteiger partial charge in [0.2, 0.25) is 17.7 Å². The molecule has 3 N–H and O–H groups in total. The topological polar surface area (TPSA) is 126 Å². The number of rotatable bonds is 7. The van der Waals surface area contributed by atoms with Gasteiger partial charge in [-0.1, -0.05) is 31.2 Å². The highest BCUT2D eigenvalue weighted by Crippen LogP contribution is 2.51. The number of nitrogens with one attached hydrogen (secondary N) is 3. The molecule has 0 aromatic carbocycles. The normalized spacial score (nSPS) is 25.7. The molecule has 2 aromatic heterocycles. The van der Waals surface area contributed by atoms with Crippen LogP contribution in [0.4, 0.5) is 16.2 Å². The van der Waals surface area contributed by atoms with Crippen molar-refractivity contribution in [2.45, 2.75) is 86.4 Å². The molecule has 2 fully saturated rings. The maximum Gasteiger partial charge on any atom is 0.327 e. The molecule has 6 rings (SSSR count). The third-order valence-electron chi connectivity index (χ3n) is 7.98. The Balaban J connectivity index is 1.23. The summed E-state index contributed by atoms with van der Waals surface area (Å²) in [5, 5.41) is 9.31. The summed E-state index contributed by atoms with van der Waals surface area (Å²) in [5.41, 5.74) is 2.86. The highest BCUT2D eigenvalue weighted by atomic mass is 32.2. The quantitative estimate of drug-likeness (QED) is 0.449. The van der Waals surface area contributed by atoms with Gasteiger partial charge in [0.15, 0.2) is 0 Å². The molecule has 10 nitrogen and oxygen atoms in total. The van der Waals surface area contributed by atoms with Crippen LogP contribution in [-0.4, -0.2) is 51.3 Å². The highest BCUT2D eigenvalue weighted by Gasteiger charge is 2.47. The molecule has 204 valence electrons. The Labute approximate surface area is 231 Å². The van der Waals surface area contributed by atoms with Crippen molar-refractivity contribution < 1.29 is 19.1 Å². The van der Waals surface area contributed by atoms with Gasteiger partial charge in [-0.3, -0.25) is 14.5 Å². The second-order valence-corrected chi connectivity index (χ2v) is 11.6. The maximum atomic E-state index is 13.6. The number of carbonyl (C=O) groups excluding carboxylic acids is 3. The first-order valence-corrected chi connectivity index (χ1v) is 14.4. The summed E-state index contributed by atoms with van der Waals surface area (Å²) in [6.07, 6.45) is 9.92. The minimum atomic E-state index is -0.574. The zero-order valence-corrected chi connectivity index (χ0v) is 22.6. The van der Waals surface area contributed by atoms with Crippen molar-refractivity contribution in [3.05, 3.63) is 48.3 Å². The predicted molar refractivity (Wildman–Crippen MR) is 147 cm³/mol. The summed E-state index contributed by atoms with van der Waals surface area (Å²) in [5.74, 6) is 0.140. The number of anilines is 2. The number of ether oxygens (including phenoxy) is 1. The number of aryl methyl sites for hydroxylation is 1. The zero-order chi connectivity index (χ0) is 27.1. The second kappa shape index (κ2) is 10.5. The fraction of sp³-hybridized carbons (Fsp3) is 0.464. The smallest absolute Gasteiger partial charge is 0.327 e. The molecule has 0 saturated heterocycles. The summed E-state index contributed by atoms with van der Waals surface area (Å²) in [6.45, 7) is 5.39. The molecule has 39 heavy (non-hydrogen) atoms. The van der Waals surface area contributed by atoms with Crippen molar-refractivity contribution in [3.63, 3.8) is 0 Å². The lowest BCUT2D eigenvalue weighted by Crippen LogP contribution is -2.56. The molecule has 4 amide bonds. The van der Waals surface area contributed by atoms with Gasteiger partial charge in [0.25, 0.3) is 0 Å². The van der Waals surface area contributed by atoms with E-state index in [1.54, 1.807) is 17.2 Å². The summed E-state index contributed by atoms with van der Waals surface area (Å²) in [6, 6.07) is 4.30. The van der Waals surface area contributed by atoms with Crippen molar-refractivity contribution in [1.82, 2.24) is 25.9 Å². The first kappa shape index (κ1) is 25.7. The average Bonchev–Trinajstić information content (AvgIpc) is 3.27. The Bertz CT molecular complexity index is 1330. The molecule has 4 aliphatic rings. The minimum Gasteiger partial charge on any atom is -0.474 e. The Morgan fingerprint density at radius 2 is 1.87 bits per heavy atom. The van der Waals surface area contributed by atoms with Crippen LogP contribution >= 0.6 is 11.8 Å². The van der Waals surface area contributed by atoms with Crippen molar-refractivity contribution in [3.8, 4) is 5.88 Å². The van der Waals surface area contributed by atoms with E-state index < -0.39 is 11.3 Å². The molecule has 0 radical (unpaired) electrons. The molecule has 0 bridgehead atoms. The van der Waals surface area contributed by atoms with Crippen molar-refractivity contribution in [1.29, 1.82) is 0 Å². The van der Waals surface area contributed by atoms with Crippen LogP contribution in [0.2, 0.25) is 0 Å². The SMILES string of the molecule is C=CC(=O)N[C@H]1CCCC[C@H]1NC(=O)C1Sc2nccc3c2C1NC(=O)N3c1ccc(OC2CCC2)nc1C. The molecule has 4 atom stereocenters. The van der Waals surface area contributed by atoms with Crippen LogP contribution in [0.3, 0.4) is 0 Å². The van der Waals surface area contributed by atoms with Crippen LogP contribution in [0.15, 0.2) is 42.1 Å². The van der Waals surface area contributed by atoms with Crippen LogP contribution in [0.1, 0.15) is 62.2 Å². The molecular formula is C28H32N6O4S. The number of nitrogens with zero attached hydrogens (tertiary/aromatic N) is 3. The molecule has 2 saturated carbocycles. The van der Waals surface area contributed by atoms with E-state index in [0.717, 1.165) is 49.1 Å². The van der Waals surface area contributed by atoms with Crippen LogP contribution in [0, 0.1) is 6.92 Å². The van der Waals surface area contributed by atoms with Gasteiger partial charge in [-0.15, -0.1) is 0 Å². The molecular weight excluding hydrogens is 516 g/mol. The van der Waals surface area contributed by atoms with E-state index in [4.69, 9.17) is 4.74 Å². The van der Waals surface area contributed by atoms with Crippen molar-refractivity contribution in [2.75, 3.05) is 4.90 Å². The van der Waals surface area contributed by atoms with Gasteiger partial charge in [-0.2, -0.15) is 0 Å². The molecule has 0 spiro atoms. The van der Waals surface area contributed by atoms with Crippen LogP contribution in [-0.2, 0) is 9.59 Å². The van der Waals surface area contributed by atoms with E-state index in [9.17, 15) is 14.4 Å².